The first-order valence-electron chi connectivity index (χ1n) is 53.0. The van der Waals surface area contributed by atoms with Crippen LogP contribution in [0.3, 0.4) is 0 Å². The van der Waals surface area contributed by atoms with Gasteiger partial charge in [0.25, 0.3) is 10.1 Å². The zero-order chi connectivity index (χ0) is 80.2. The summed E-state index contributed by atoms with van der Waals surface area (Å²) < 4.78 is 49.1. The Morgan fingerprint density at radius 1 is 0.173 bits per heavy atom. The molecule has 0 radical (unpaired) electrons. The van der Waals surface area contributed by atoms with Gasteiger partial charge in [0.1, 0.15) is 4.75 Å². The maximum absolute atomic E-state index is 17.8. The normalized spacial score (nSPS) is 16.8. The quantitative estimate of drug-likeness (QED) is 0.0488. The second kappa shape index (κ2) is 76.3. The van der Waals surface area contributed by atoms with Gasteiger partial charge < -0.3 is 0 Å². The Morgan fingerprint density at radius 3 is 0.509 bits per heavy atom. The molecule has 3 nitrogen and oxygen atoms in total. The maximum atomic E-state index is 17.8. The van der Waals surface area contributed by atoms with Crippen LogP contribution in [0.1, 0.15) is 647 Å². The Hall–Kier alpha value is -0.0900. The van der Waals surface area contributed by atoms with Crippen LogP contribution in [0, 0.1) is 27.6 Å². The average molecular weight is 1570 g/mol. The van der Waals surface area contributed by atoms with Crippen LogP contribution in [-0.2, 0) is 10.1 Å². The Balaban J connectivity index is 5.60. The van der Waals surface area contributed by atoms with Gasteiger partial charge in [-0.1, -0.05) is 583 Å². The van der Waals surface area contributed by atoms with Crippen LogP contribution in [0.15, 0.2) is 0 Å². The molecule has 0 aromatic rings. The SMILES string of the molecule is CCCCCCCCCCC1C(CCCCCCCCCC)(CCCCCCCCCC)C(CCCCCCCCCC)(CCCCCCCCCC)C(CCCCCCCCCC)(CCCCCCCCCC)C(CCCCCCCCCC)(CCCCCCCCCC)C1(CCCCCCCCCC)S(=O)(=O)O. The molecule has 0 heterocycles. The van der Waals surface area contributed by atoms with Crippen molar-refractivity contribution in [2.45, 2.75) is 652 Å². The van der Waals surface area contributed by atoms with Crippen molar-refractivity contribution in [2.24, 2.45) is 27.6 Å². The van der Waals surface area contributed by atoms with Crippen LogP contribution < -0.4 is 0 Å². The lowest BCUT2D eigenvalue weighted by Crippen LogP contribution is -2.79. The van der Waals surface area contributed by atoms with Gasteiger partial charge >= 0.3 is 0 Å². The Labute approximate surface area is 698 Å². The summed E-state index contributed by atoms with van der Waals surface area (Å²) in [7, 11) is -4.69. The molecule has 2 atom stereocenters. The molecule has 0 spiro atoms. The molecular formula is C106H212O3S. The fourth-order valence-electron chi connectivity index (χ4n) is 23.6. The fourth-order valence-corrected chi connectivity index (χ4v) is 25.6. The lowest BCUT2D eigenvalue weighted by atomic mass is 9.26. The van der Waals surface area contributed by atoms with E-state index in [2.05, 4.69) is 69.2 Å². The summed E-state index contributed by atoms with van der Waals surface area (Å²) in [6.45, 7) is 23.8. The molecule has 0 aliphatic heterocycles. The number of rotatable bonds is 91. The van der Waals surface area contributed by atoms with E-state index >= 15 is 8.42 Å². The molecule has 0 amide bonds. The van der Waals surface area contributed by atoms with E-state index in [1.807, 2.05) is 0 Å². The lowest BCUT2D eigenvalue weighted by molar-refractivity contribution is -0.286. The predicted octanol–water partition coefficient (Wildman–Crippen LogP) is 39.5. The molecule has 0 bridgehead atoms. The smallest absolute Gasteiger partial charge is 0.271 e. The molecule has 1 aliphatic rings. The molecule has 1 rings (SSSR count). The number of hydrogen-bond acceptors (Lipinski definition) is 2. The summed E-state index contributed by atoms with van der Waals surface area (Å²) in [6.07, 6.45) is 116. The molecule has 0 aromatic carbocycles. The predicted molar refractivity (Wildman–Crippen MR) is 500 cm³/mol. The molecule has 660 valence electrons. The van der Waals surface area contributed by atoms with Crippen molar-refractivity contribution in [3.8, 4) is 0 Å². The highest BCUT2D eigenvalue weighted by molar-refractivity contribution is 7.87. The summed E-state index contributed by atoms with van der Waals surface area (Å²) in [6, 6.07) is 0. The van der Waals surface area contributed by atoms with Crippen LogP contribution in [0.4, 0.5) is 0 Å². The Morgan fingerprint density at radius 2 is 0.318 bits per heavy atom. The molecule has 4 heteroatoms. The van der Waals surface area contributed by atoms with E-state index in [0.29, 0.717) is 0 Å². The van der Waals surface area contributed by atoms with Gasteiger partial charge in [-0.25, -0.2) is 0 Å². The molecule has 2 unspecified atom stereocenters. The molecular weight excluding hydrogens is 1350 g/mol. The van der Waals surface area contributed by atoms with Crippen molar-refractivity contribution < 1.29 is 13.0 Å². The van der Waals surface area contributed by atoms with Crippen molar-refractivity contribution in [2.75, 3.05) is 0 Å². The van der Waals surface area contributed by atoms with Gasteiger partial charge in [0, 0.05) is 0 Å². The third-order valence-corrected chi connectivity index (χ3v) is 31.5. The highest BCUT2D eigenvalue weighted by atomic mass is 32.2. The van der Waals surface area contributed by atoms with Crippen molar-refractivity contribution in [3.05, 3.63) is 0 Å². The minimum Gasteiger partial charge on any atom is -0.285 e. The highest BCUT2D eigenvalue weighted by Crippen LogP contribution is 2.84. The molecule has 1 fully saturated rings. The topological polar surface area (TPSA) is 54.4 Å². The summed E-state index contributed by atoms with van der Waals surface area (Å²) in [4.78, 5) is 0. The molecule has 110 heavy (non-hydrogen) atoms. The molecule has 0 saturated heterocycles. The second-order valence-corrected chi connectivity index (χ2v) is 40.3. The summed E-state index contributed by atoms with van der Waals surface area (Å²) in [5, 5.41) is 0. The first kappa shape index (κ1) is 108. The van der Waals surface area contributed by atoms with Crippen LogP contribution in [-0.4, -0.2) is 17.7 Å². The van der Waals surface area contributed by atoms with Crippen LogP contribution >= 0.6 is 0 Å². The van der Waals surface area contributed by atoms with Gasteiger partial charge in [0.2, 0.25) is 0 Å². The van der Waals surface area contributed by atoms with E-state index in [1.165, 1.54) is 520 Å². The molecule has 1 N–H and O–H groups in total. The van der Waals surface area contributed by atoms with Gasteiger partial charge in [0.05, 0.1) is 0 Å². The zero-order valence-electron chi connectivity index (χ0n) is 78.4. The molecule has 0 aromatic heterocycles. The fraction of sp³-hybridized carbons (Fsp3) is 1.00. The maximum Gasteiger partial charge on any atom is 0.271 e. The summed E-state index contributed by atoms with van der Waals surface area (Å²) in [5.74, 6) is -0.0276. The van der Waals surface area contributed by atoms with E-state index in [-0.39, 0.29) is 22.2 Å². The number of unbranched alkanes of at least 4 members (excludes halogenated alkanes) is 70. The summed E-state index contributed by atoms with van der Waals surface area (Å²) >= 11 is 0. The summed E-state index contributed by atoms with van der Waals surface area (Å²) in [5.41, 5.74) is -0.928. The van der Waals surface area contributed by atoms with E-state index in [1.54, 1.807) is 0 Å². The monoisotopic (exact) mass is 1570 g/mol. The van der Waals surface area contributed by atoms with E-state index in [4.69, 9.17) is 0 Å². The van der Waals surface area contributed by atoms with Gasteiger partial charge in [-0.15, -0.1) is 0 Å². The Bertz CT molecular complexity index is 1880. The van der Waals surface area contributed by atoms with Crippen molar-refractivity contribution in [1.29, 1.82) is 0 Å². The van der Waals surface area contributed by atoms with E-state index in [0.717, 1.165) is 57.8 Å². The van der Waals surface area contributed by atoms with E-state index in [9.17, 15) is 4.55 Å². The molecule has 1 aliphatic carbocycles. The van der Waals surface area contributed by atoms with Gasteiger partial charge in [0.15, 0.2) is 0 Å². The largest absolute Gasteiger partial charge is 0.285 e. The second-order valence-electron chi connectivity index (χ2n) is 38.6. The van der Waals surface area contributed by atoms with Crippen molar-refractivity contribution in [1.82, 2.24) is 0 Å². The lowest BCUT2D eigenvalue weighted by Gasteiger charge is -2.80. The van der Waals surface area contributed by atoms with Crippen LogP contribution in [0.25, 0.3) is 0 Å². The van der Waals surface area contributed by atoms with Crippen LogP contribution in [0.5, 0.6) is 0 Å². The average Bonchev–Trinajstić information content (AvgIpc) is 0.642. The van der Waals surface area contributed by atoms with Crippen molar-refractivity contribution >= 4 is 10.1 Å². The zero-order valence-corrected chi connectivity index (χ0v) is 79.2. The highest BCUT2D eigenvalue weighted by Gasteiger charge is 2.82. The van der Waals surface area contributed by atoms with Crippen molar-refractivity contribution in [3.63, 3.8) is 0 Å². The van der Waals surface area contributed by atoms with Crippen LogP contribution in [0.2, 0.25) is 0 Å². The minimum absolute atomic E-state index is 0.0203. The van der Waals surface area contributed by atoms with Gasteiger partial charge in [-0.05, 0) is 91.8 Å². The third-order valence-electron chi connectivity index (χ3n) is 29.7. The van der Waals surface area contributed by atoms with Gasteiger partial charge in [-0.3, -0.25) is 4.55 Å². The standard InChI is InChI=1S/C106H212O3S/c1-11-21-31-41-51-61-71-81-91-101-102(92-82-72-62-52-42-32-22-12-2,93-83-73-63-53-43-33-23-13-3)103(94-84-74-64-54-44-34-24-14-4,95-85-75-65-55-45-35-25-15-5)104(96-86-76-66-56-46-36-26-16-6,97-87-77-67-57-47-37-27-17-7)105(98-88-78-68-58-48-38-28-18-8,99-89-79-69-59-49-39-29-19-9)106(101,110(107,108)109)100-90-80-70-60-50-40-30-20-10/h101H,11-100H2,1-10H3,(H,107,108,109). The molecule has 1 saturated carbocycles. The van der Waals surface area contributed by atoms with E-state index < -0.39 is 20.3 Å². The first-order chi connectivity index (χ1) is 54.0. The Kier molecular flexibility index (Phi) is 74.9. The van der Waals surface area contributed by atoms with Gasteiger partial charge in [-0.2, -0.15) is 8.42 Å². The first-order valence-corrected chi connectivity index (χ1v) is 54.4. The minimum atomic E-state index is -4.69. The third kappa shape index (κ3) is 44.8. The number of hydrogen-bond donors (Lipinski definition) is 1.